The highest BCUT2D eigenvalue weighted by Crippen LogP contribution is 2.27. The first kappa shape index (κ1) is 23.5. The molecule has 0 heterocycles. The Morgan fingerprint density at radius 1 is 0.706 bits per heavy atom. The van der Waals surface area contributed by atoms with Gasteiger partial charge in [-0.25, -0.2) is 13.2 Å². The summed E-state index contributed by atoms with van der Waals surface area (Å²) < 4.78 is 30.9. The third kappa shape index (κ3) is 5.43. The Balaban J connectivity index is 1.44. The van der Waals surface area contributed by atoms with Crippen molar-refractivity contribution in [3.05, 3.63) is 119 Å². The average Bonchev–Trinajstić information content (AvgIpc) is 2.81. The first-order valence-corrected chi connectivity index (χ1v) is 12.6. The minimum absolute atomic E-state index is 0.134. The zero-order valence-corrected chi connectivity index (χ0v) is 20.2. The van der Waals surface area contributed by atoms with E-state index >= 15 is 0 Å². The molecule has 0 aliphatic heterocycles. The molecule has 34 heavy (non-hydrogen) atoms. The highest BCUT2D eigenvalue weighted by atomic mass is 32.2. The van der Waals surface area contributed by atoms with E-state index in [1.54, 1.807) is 54.6 Å². The van der Waals surface area contributed by atoms with Gasteiger partial charge in [0.2, 0.25) is 0 Å². The van der Waals surface area contributed by atoms with Crippen molar-refractivity contribution in [1.82, 2.24) is 0 Å². The molecule has 0 fully saturated rings. The van der Waals surface area contributed by atoms with Crippen molar-refractivity contribution < 1.29 is 17.9 Å². The number of aryl methyl sites for hydroxylation is 3. The maximum absolute atomic E-state index is 12.7. The summed E-state index contributed by atoms with van der Waals surface area (Å²) in [5, 5.41) is 0. The summed E-state index contributed by atoms with van der Waals surface area (Å²) in [4.78, 5) is 13.0. The molecule has 4 aromatic carbocycles. The summed E-state index contributed by atoms with van der Waals surface area (Å²) in [6, 6.07) is 27.3. The zero-order chi connectivity index (χ0) is 24.3. The van der Waals surface area contributed by atoms with E-state index in [0.717, 1.165) is 22.3 Å². The van der Waals surface area contributed by atoms with Crippen molar-refractivity contribution >= 4 is 15.8 Å². The average molecular weight is 471 g/mol. The van der Waals surface area contributed by atoms with Gasteiger partial charge in [-0.1, -0.05) is 65.7 Å². The lowest BCUT2D eigenvalue weighted by Gasteiger charge is -2.10. The van der Waals surface area contributed by atoms with Crippen molar-refractivity contribution in [2.45, 2.75) is 31.4 Å². The third-order valence-corrected chi connectivity index (χ3v) is 7.39. The zero-order valence-electron chi connectivity index (χ0n) is 19.4. The summed E-state index contributed by atoms with van der Waals surface area (Å²) in [6.07, 6.45) is 0. The minimum atomic E-state index is -3.46. The van der Waals surface area contributed by atoms with E-state index in [0.29, 0.717) is 16.9 Å². The number of carbonyl (C=O) groups excluding carboxylic acids is 1. The Labute approximate surface area is 200 Å². The van der Waals surface area contributed by atoms with Gasteiger partial charge in [0.1, 0.15) is 5.75 Å². The predicted octanol–water partition coefficient (Wildman–Crippen LogP) is 6.47. The first-order valence-electron chi connectivity index (χ1n) is 11.0. The van der Waals surface area contributed by atoms with Crippen LogP contribution in [0.5, 0.6) is 5.75 Å². The van der Waals surface area contributed by atoms with Crippen molar-refractivity contribution in [3.8, 4) is 16.9 Å². The van der Waals surface area contributed by atoms with E-state index in [1.807, 2.05) is 32.9 Å². The standard InChI is InChI=1S/C29H26O4S/c1-20-4-10-24(11-5-20)26-14-17-28(22(3)18-26)33-29(30)25-12-8-23(9-13-25)19-34(31,32)27-15-6-21(2)7-16-27/h4-18H,19H2,1-3H3. The van der Waals surface area contributed by atoms with Crippen LogP contribution < -0.4 is 4.74 Å². The predicted molar refractivity (Wildman–Crippen MR) is 135 cm³/mol. The van der Waals surface area contributed by atoms with Crippen LogP contribution in [0.2, 0.25) is 0 Å². The summed E-state index contributed by atoms with van der Waals surface area (Å²) in [5.41, 5.74) is 6.17. The maximum Gasteiger partial charge on any atom is 0.343 e. The van der Waals surface area contributed by atoms with Gasteiger partial charge < -0.3 is 4.74 Å². The molecule has 4 aromatic rings. The molecular formula is C29H26O4S. The summed E-state index contributed by atoms with van der Waals surface area (Å²) in [5.74, 6) is -0.128. The number of benzene rings is 4. The Morgan fingerprint density at radius 3 is 1.85 bits per heavy atom. The molecule has 0 spiro atoms. The molecule has 0 N–H and O–H groups in total. The van der Waals surface area contributed by atoms with Gasteiger partial charge in [-0.05, 0) is 79.4 Å². The van der Waals surface area contributed by atoms with Crippen molar-refractivity contribution in [1.29, 1.82) is 0 Å². The Hall–Kier alpha value is -3.70. The second-order valence-electron chi connectivity index (χ2n) is 8.50. The number of hydrogen-bond donors (Lipinski definition) is 0. The summed E-state index contributed by atoms with van der Waals surface area (Å²) >= 11 is 0. The van der Waals surface area contributed by atoms with E-state index in [1.165, 1.54) is 5.56 Å². The molecule has 0 aliphatic rings. The van der Waals surface area contributed by atoms with Gasteiger partial charge in [0.25, 0.3) is 0 Å². The molecule has 4 rings (SSSR count). The van der Waals surface area contributed by atoms with Gasteiger partial charge in [0, 0.05) is 0 Å². The lowest BCUT2D eigenvalue weighted by atomic mass is 10.0. The second kappa shape index (κ2) is 9.65. The summed E-state index contributed by atoms with van der Waals surface area (Å²) in [6.45, 7) is 5.86. The van der Waals surface area contributed by atoms with Gasteiger partial charge in [0.15, 0.2) is 9.84 Å². The Kier molecular flexibility index (Phi) is 6.66. The van der Waals surface area contributed by atoms with E-state index in [4.69, 9.17) is 4.74 Å². The molecule has 172 valence electrons. The first-order chi connectivity index (χ1) is 16.2. The van der Waals surface area contributed by atoms with Crippen LogP contribution >= 0.6 is 0 Å². The molecule has 0 amide bonds. The van der Waals surface area contributed by atoms with E-state index in [-0.39, 0.29) is 10.6 Å². The van der Waals surface area contributed by atoms with Crippen LogP contribution in [0.15, 0.2) is 95.9 Å². The topological polar surface area (TPSA) is 60.4 Å². The van der Waals surface area contributed by atoms with Gasteiger partial charge in [-0.3, -0.25) is 0 Å². The smallest absolute Gasteiger partial charge is 0.343 e. The highest BCUT2D eigenvalue weighted by Gasteiger charge is 2.16. The molecule has 0 radical (unpaired) electrons. The number of carbonyl (C=O) groups is 1. The van der Waals surface area contributed by atoms with Crippen LogP contribution in [0.1, 0.15) is 32.6 Å². The molecule has 0 saturated carbocycles. The fourth-order valence-electron chi connectivity index (χ4n) is 3.63. The molecule has 0 aromatic heterocycles. The minimum Gasteiger partial charge on any atom is -0.423 e. The van der Waals surface area contributed by atoms with Crippen molar-refractivity contribution in [2.24, 2.45) is 0 Å². The van der Waals surface area contributed by atoms with Gasteiger partial charge in [-0.15, -0.1) is 0 Å². The quantitative estimate of drug-likeness (QED) is 0.239. The molecule has 0 unspecified atom stereocenters. The number of rotatable bonds is 6. The summed E-state index contributed by atoms with van der Waals surface area (Å²) in [7, 11) is -3.46. The maximum atomic E-state index is 12.7. The molecule has 0 saturated heterocycles. The third-order valence-electron chi connectivity index (χ3n) is 5.69. The largest absolute Gasteiger partial charge is 0.423 e. The molecule has 5 heteroatoms. The van der Waals surface area contributed by atoms with Crippen LogP contribution in [-0.2, 0) is 15.6 Å². The van der Waals surface area contributed by atoms with Crippen LogP contribution in [0.25, 0.3) is 11.1 Å². The number of ether oxygens (including phenoxy) is 1. The van der Waals surface area contributed by atoms with E-state index in [9.17, 15) is 13.2 Å². The molecular weight excluding hydrogens is 444 g/mol. The molecule has 0 atom stereocenters. The van der Waals surface area contributed by atoms with Crippen LogP contribution in [-0.4, -0.2) is 14.4 Å². The second-order valence-corrected chi connectivity index (χ2v) is 10.5. The lowest BCUT2D eigenvalue weighted by Crippen LogP contribution is -2.10. The van der Waals surface area contributed by atoms with Crippen LogP contribution in [0.3, 0.4) is 0 Å². The number of esters is 1. The Morgan fingerprint density at radius 2 is 1.26 bits per heavy atom. The van der Waals surface area contributed by atoms with Crippen molar-refractivity contribution in [2.75, 3.05) is 0 Å². The SMILES string of the molecule is Cc1ccc(-c2ccc(OC(=O)c3ccc(CS(=O)(=O)c4ccc(C)cc4)cc3)c(C)c2)cc1. The molecule has 0 bridgehead atoms. The van der Waals surface area contributed by atoms with Crippen LogP contribution in [0.4, 0.5) is 0 Å². The van der Waals surface area contributed by atoms with E-state index < -0.39 is 15.8 Å². The normalized spacial score (nSPS) is 11.3. The van der Waals surface area contributed by atoms with Crippen LogP contribution in [0, 0.1) is 20.8 Å². The fourth-order valence-corrected chi connectivity index (χ4v) is 4.98. The van der Waals surface area contributed by atoms with Gasteiger partial charge in [0.05, 0.1) is 16.2 Å². The lowest BCUT2D eigenvalue weighted by molar-refractivity contribution is 0.0733. The van der Waals surface area contributed by atoms with Crippen molar-refractivity contribution in [3.63, 3.8) is 0 Å². The fraction of sp³-hybridized carbons (Fsp3) is 0.138. The molecule has 0 aliphatic carbocycles. The monoisotopic (exact) mass is 470 g/mol. The Bertz CT molecular complexity index is 1420. The number of sulfone groups is 1. The highest BCUT2D eigenvalue weighted by molar-refractivity contribution is 7.90. The molecule has 4 nitrogen and oxygen atoms in total. The van der Waals surface area contributed by atoms with Gasteiger partial charge in [-0.2, -0.15) is 0 Å². The number of hydrogen-bond acceptors (Lipinski definition) is 4. The van der Waals surface area contributed by atoms with E-state index in [2.05, 4.69) is 24.3 Å². The van der Waals surface area contributed by atoms with Gasteiger partial charge >= 0.3 is 5.97 Å².